The third kappa shape index (κ3) is 10.9. The van der Waals surface area contributed by atoms with E-state index in [9.17, 15) is 35.2 Å². The molecule has 6 atom stereocenters. The maximum atomic E-state index is 14.7. The molecule has 2 N–H and O–H groups in total. The van der Waals surface area contributed by atoms with Crippen LogP contribution in [0.4, 0.5) is 16.2 Å². The van der Waals surface area contributed by atoms with Gasteiger partial charge in [0.05, 0.1) is 28.1 Å². The summed E-state index contributed by atoms with van der Waals surface area (Å²) in [4.78, 5) is 44.3. The van der Waals surface area contributed by atoms with Crippen molar-refractivity contribution in [1.29, 1.82) is 0 Å². The molecule has 1 fully saturated rings. The van der Waals surface area contributed by atoms with Crippen LogP contribution in [0.2, 0.25) is 0 Å². The number of allylic oxidation sites excluding steroid dienone is 1. The van der Waals surface area contributed by atoms with Crippen LogP contribution in [0.3, 0.4) is 0 Å². The number of nitro groups is 2. The Morgan fingerprint density at radius 2 is 1.53 bits per heavy atom. The number of oxime groups is 1. The summed E-state index contributed by atoms with van der Waals surface area (Å²) in [5, 5.41) is 47.7. The normalized spacial score (nSPS) is 21.9. The number of unbranched alkanes of at least 4 members (excludes halogenated alkanes) is 2. The molecule has 0 aromatic heterocycles. The summed E-state index contributed by atoms with van der Waals surface area (Å²) in [6.07, 6.45) is 7.90. The molecule has 6 unspecified atom stereocenters. The zero-order chi connectivity index (χ0) is 48.4. The number of benzene rings is 4. The number of aliphatic hydroxyl groups is 2. The van der Waals surface area contributed by atoms with Crippen molar-refractivity contribution in [3.05, 3.63) is 152 Å². The number of rotatable bonds is 22. The van der Waals surface area contributed by atoms with E-state index in [-0.39, 0.29) is 74.3 Å². The lowest BCUT2D eigenvalue weighted by Gasteiger charge is -2.59. The molecule has 1 saturated carbocycles. The smallest absolute Gasteiger partial charge is 0.415 e. The molecule has 3 aliphatic rings. The first-order valence-electron chi connectivity index (χ1n) is 23.3. The number of carbonyl (C=O) groups is 1. The monoisotopic (exact) mass is 932 g/mol. The molecule has 360 valence electrons. The number of hydrogen-bond acceptors (Lipinski definition) is 13. The maximum absolute atomic E-state index is 14.7. The second-order valence-corrected chi connectivity index (χ2v) is 17.6. The summed E-state index contributed by atoms with van der Waals surface area (Å²) >= 11 is 0. The number of nitro benzene ring substituents is 2. The molecule has 1 heterocycles. The van der Waals surface area contributed by atoms with Crippen LogP contribution in [-0.2, 0) is 16.2 Å². The Morgan fingerprint density at radius 3 is 2.18 bits per heavy atom. The highest BCUT2D eigenvalue weighted by Gasteiger charge is 2.65. The molecular weight excluding hydrogens is 873 g/mol. The topological polar surface area (TPSA) is 206 Å². The third-order valence-corrected chi connectivity index (χ3v) is 13.2. The quantitative estimate of drug-likeness (QED) is 0.0327. The number of ether oxygens (including phenoxy) is 4. The first-order valence-corrected chi connectivity index (χ1v) is 23.3. The number of non-ortho nitro benzene ring substituents is 2. The Kier molecular flexibility index (Phi) is 16.3. The van der Waals surface area contributed by atoms with E-state index in [1.807, 2.05) is 57.2 Å². The van der Waals surface area contributed by atoms with Crippen LogP contribution >= 0.6 is 0 Å². The van der Waals surface area contributed by atoms with Gasteiger partial charge in [-0.15, -0.1) is 6.58 Å². The van der Waals surface area contributed by atoms with Crippen molar-refractivity contribution in [2.75, 3.05) is 26.4 Å². The minimum absolute atomic E-state index is 0.00522. The van der Waals surface area contributed by atoms with Gasteiger partial charge in [-0.1, -0.05) is 43.1 Å². The van der Waals surface area contributed by atoms with E-state index in [0.29, 0.717) is 47.8 Å². The van der Waals surface area contributed by atoms with Gasteiger partial charge in [0.15, 0.2) is 0 Å². The van der Waals surface area contributed by atoms with Crippen LogP contribution in [0.15, 0.2) is 114 Å². The van der Waals surface area contributed by atoms with Gasteiger partial charge in [0, 0.05) is 61.9 Å². The average Bonchev–Trinajstić information content (AvgIpc) is 3.33. The lowest BCUT2D eigenvalue weighted by atomic mass is 9.55. The second-order valence-electron chi connectivity index (χ2n) is 17.6. The van der Waals surface area contributed by atoms with Crippen molar-refractivity contribution in [3.8, 4) is 23.0 Å². The van der Waals surface area contributed by atoms with Crippen LogP contribution in [0.5, 0.6) is 23.0 Å². The van der Waals surface area contributed by atoms with Crippen LogP contribution in [0, 0.1) is 51.8 Å². The summed E-state index contributed by atoms with van der Waals surface area (Å²) < 4.78 is 26.9. The van der Waals surface area contributed by atoms with E-state index in [4.69, 9.17) is 28.9 Å². The SMILES string of the molecule is C=CCOC12Oc3ccc(Oc4ccc(C)c(C)c4)cc3C3C(CCCCO)C(CCCCO)C=C(C(=NOCc4ccc([N+](=O)[O-])cc4)CC1N(CCC)C(=O)Oc1ccc([N+](=O)[O-])cc1)C32. The highest BCUT2D eigenvalue weighted by molar-refractivity contribution is 6.03. The number of nitrogens with zero attached hydrogens (tertiary/aromatic N) is 4. The Bertz CT molecular complexity index is 2490. The van der Waals surface area contributed by atoms with Gasteiger partial charge in [-0.3, -0.25) is 25.1 Å². The highest BCUT2D eigenvalue weighted by atomic mass is 16.7. The number of fused-ring (bicyclic) bond motifs is 2. The number of amides is 1. The molecule has 16 nitrogen and oxygen atoms in total. The van der Waals surface area contributed by atoms with Gasteiger partial charge in [0.25, 0.3) is 11.4 Å². The van der Waals surface area contributed by atoms with Gasteiger partial charge in [-0.05, 0) is 135 Å². The van der Waals surface area contributed by atoms with Crippen LogP contribution in [0.25, 0.3) is 0 Å². The molecule has 0 saturated heterocycles. The summed E-state index contributed by atoms with van der Waals surface area (Å²) in [6.45, 7) is 10.3. The average molecular weight is 933 g/mol. The maximum Gasteiger partial charge on any atom is 0.415 e. The highest BCUT2D eigenvalue weighted by Crippen LogP contribution is 2.62. The molecule has 1 amide bonds. The molecule has 1 aliphatic heterocycles. The number of hydrogen-bond donors (Lipinski definition) is 2. The van der Waals surface area contributed by atoms with Crippen molar-refractivity contribution in [3.63, 3.8) is 0 Å². The number of aryl methyl sites for hydroxylation is 2. The van der Waals surface area contributed by atoms with E-state index in [2.05, 4.69) is 12.7 Å². The van der Waals surface area contributed by atoms with E-state index < -0.39 is 33.7 Å². The zero-order valence-corrected chi connectivity index (χ0v) is 38.8. The predicted octanol–water partition coefficient (Wildman–Crippen LogP) is 10.7. The summed E-state index contributed by atoms with van der Waals surface area (Å²) in [6, 6.07) is 22.2. The fourth-order valence-corrected chi connectivity index (χ4v) is 9.93. The molecule has 68 heavy (non-hydrogen) atoms. The van der Waals surface area contributed by atoms with Crippen molar-refractivity contribution >= 4 is 23.2 Å². The molecule has 7 rings (SSSR count). The van der Waals surface area contributed by atoms with Crippen LogP contribution < -0.4 is 14.2 Å². The first-order chi connectivity index (χ1) is 32.9. The van der Waals surface area contributed by atoms with Gasteiger partial charge in [0.1, 0.15) is 35.6 Å². The standard InChI is InChI=1S/C52H60N4O12/c1-5-25-54(51(59)67-40-21-18-39(19-22-40)56(62)63)48-32-46(53-65-33-36-14-16-38(17-15-36)55(60)61)44-30-37(11-7-9-26-57)43(12-8-10-27-58)49-45-31-42(66-41-20-13-34(3)35(4)29-41)23-24-47(45)68-52(48,50(44)49)64-28-6-2/h6,13-24,29-31,37,43,48-50,57-58H,2,5,7-12,25-28,32-33H2,1,3-4H3. The molecule has 2 aliphatic carbocycles. The molecule has 4 aromatic carbocycles. The minimum atomic E-state index is -1.57. The Labute approximate surface area is 396 Å². The Morgan fingerprint density at radius 1 is 0.882 bits per heavy atom. The van der Waals surface area contributed by atoms with Crippen LogP contribution in [0.1, 0.15) is 86.5 Å². The molecule has 0 bridgehead atoms. The molecule has 0 radical (unpaired) electrons. The van der Waals surface area contributed by atoms with Crippen LogP contribution in [-0.4, -0.2) is 75.0 Å². The van der Waals surface area contributed by atoms with Gasteiger partial charge in [-0.25, -0.2) is 4.79 Å². The van der Waals surface area contributed by atoms with Gasteiger partial charge in [0.2, 0.25) is 5.79 Å². The first kappa shape index (κ1) is 49.3. The minimum Gasteiger partial charge on any atom is -0.459 e. The second kappa shape index (κ2) is 22.5. The van der Waals surface area contributed by atoms with Crippen molar-refractivity contribution in [1.82, 2.24) is 4.90 Å². The largest absolute Gasteiger partial charge is 0.459 e. The fourth-order valence-electron chi connectivity index (χ4n) is 9.93. The lowest BCUT2D eigenvalue weighted by molar-refractivity contribution is -0.385. The van der Waals surface area contributed by atoms with Gasteiger partial charge < -0.3 is 34.0 Å². The summed E-state index contributed by atoms with van der Waals surface area (Å²) in [5.74, 6) is -0.662. The molecule has 0 spiro atoms. The van der Waals surface area contributed by atoms with Crippen molar-refractivity contribution < 1.29 is 48.6 Å². The van der Waals surface area contributed by atoms with E-state index in [1.54, 1.807) is 23.1 Å². The van der Waals surface area contributed by atoms with Gasteiger partial charge >= 0.3 is 6.09 Å². The number of carbonyl (C=O) groups excluding carboxylic acids is 1. The van der Waals surface area contributed by atoms with Crippen molar-refractivity contribution in [2.45, 2.75) is 96.5 Å². The summed E-state index contributed by atoms with van der Waals surface area (Å²) in [5.41, 5.74) is 4.91. The molecule has 16 heteroatoms. The molecular formula is C52H60N4O12. The summed E-state index contributed by atoms with van der Waals surface area (Å²) in [7, 11) is 0. The Hall–Kier alpha value is -6.62. The van der Waals surface area contributed by atoms with Crippen molar-refractivity contribution in [2.24, 2.45) is 22.9 Å². The zero-order valence-electron chi connectivity index (χ0n) is 38.8. The number of aliphatic hydroxyl groups excluding tert-OH is 2. The van der Waals surface area contributed by atoms with E-state index >= 15 is 0 Å². The lowest BCUT2D eigenvalue weighted by Crippen LogP contribution is -2.70. The third-order valence-electron chi connectivity index (χ3n) is 13.2. The fraction of sp³-hybridized carbons (Fsp3) is 0.423. The Balaban J connectivity index is 1.42. The van der Waals surface area contributed by atoms with Gasteiger partial charge in [-0.2, -0.15) is 0 Å². The predicted molar refractivity (Wildman–Crippen MR) is 255 cm³/mol. The molecule has 4 aromatic rings. The van der Waals surface area contributed by atoms with E-state index in [0.717, 1.165) is 47.9 Å². The van der Waals surface area contributed by atoms with E-state index in [1.165, 1.54) is 36.4 Å².